The van der Waals surface area contributed by atoms with E-state index in [1.165, 1.54) is 17.7 Å². The summed E-state index contributed by atoms with van der Waals surface area (Å²) in [5.74, 6) is 2.46. The molecule has 1 fully saturated rings. The summed E-state index contributed by atoms with van der Waals surface area (Å²) in [6.45, 7) is 6.07. The minimum Gasteiger partial charge on any atom is -0.496 e. The van der Waals surface area contributed by atoms with Crippen LogP contribution in [0, 0.1) is 12.8 Å². The molecule has 0 saturated carbocycles. The van der Waals surface area contributed by atoms with Crippen molar-refractivity contribution in [3.05, 3.63) is 59.7 Å². The fourth-order valence-corrected chi connectivity index (χ4v) is 3.68. The summed E-state index contributed by atoms with van der Waals surface area (Å²) in [5.41, 5.74) is 3.75. The molecule has 1 atom stereocenters. The lowest BCUT2D eigenvalue weighted by atomic mass is 10.1. The molecule has 0 spiro atoms. The molecule has 1 saturated heterocycles. The van der Waals surface area contributed by atoms with E-state index in [1.54, 1.807) is 7.11 Å². The molecule has 3 rings (SSSR count). The van der Waals surface area contributed by atoms with Gasteiger partial charge in [0.05, 0.1) is 7.11 Å². The molecule has 1 aliphatic heterocycles. The topological polar surface area (TPSA) is 48.9 Å². The Morgan fingerprint density at radius 1 is 1.17 bits per heavy atom. The minimum absolute atomic E-state index is 0. The number of ether oxygens (including phenoxy) is 1. The summed E-state index contributed by atoms with van der Waals surface area (Å²) in [5, 5.41) is 6.91. The highest BCUT2D eigenvalue weighted by Gasteiger charge is 2.22. The number of benzene rings is 2. The molecule has 1 unspecified atom stereocenters. The van der Waals surface area contributed by atoms with Gasteiger partial charge in [-0.25, -0.2) is 0 Å². The van der Waals surface area contributed by atoms with Crippen LogP contribution >= 0.6 is 24.0 Å². The van der Waals surface area contributed by atoms with Crippen LogP contribution in [-0.2, 0) is 6.42 Å². The lowest BCUT2D eigenvalue weighted by molar-refractivity contribution is 0.411. The van der Waals surface area contributed by atoms with E-state index in [4.69, 9.17) is 4.74 Å². The van der Waals surface area contributed by atoms with Crippen LogP contribution in [0.2, 0.25) is 0 Å². The van der Waals surface area contributed by atoms with E-state index in [0.717, 1.165) is 49.9 Å². The van der Waals surface area contributed by atoms with Gasteiger partial charge in [0.2, 0.25) is 0 Å². The standard InChI is InChI=1S/C23H32N4O.HI/c1-18-9-10-19(15-22(18)28-3)11-13-25-23(24-2)26-16-20-12-14-27(17-20)21-7-5-4-6-8-21;/h4-10,15,20H,11-14,16-17H2,1-3H3,(H2,24,25,26);1H. The second-order valence-electron chi connectivity index (χ2n) is 7.37. The monoisotopic (exact) mass is 508 g/mol. The molecule has 158 valence electrons. The van der Waals surface area contributed by atoms with E-state index in [2.05, 4.69) is 76.0 Å². The van der Waals surface area contributed by atoms with Gasteiger partial charge in [-0.15, -0.1) is 24.0 Å². The minimum atomic E-state index is 0. The number of aliphatic imine (C=N–C) groups is 1. The Morgan fingerprint density at radius 3 is 2.69 bits per heavy atom. The Bertz CT molecular complexity index is 782. The van der Waals surface area contributed by atoms with E-state index in [-0.39, 0.29) is 24.0 Å². The van der Waals surface area contributed by atoms with Crippen LogP contribution in [-0.4, -0.2) is 46.3 Å². The second kappa shape index (κ2) is 11.9. The summed E-state index contributed by atoms with van der Waals surface area (Å²) in [6, 6.07) is 17.1. The molecular weight excluding hydrogens is 475 g/mol. The van der Waals surface area contributed by atoms with Crippen LogP contribution in [0.3, 0.4) is 0 Å². The third-order valence-electron chi connectivity index (χ3n) is 5.37. The van der Waals surface area contributed by atoms with Crippen molar-refractivity contribution in [3.8, 4) is 5.75 Å². The van der Waals surface area contributed by atoms with Gasteiger partial charge in [0.1, 0.15) is 5.75 Å². The highest BCUT2D eigenvalue weighted by Crippen LogP contribution is 2.23. The zero-order valence-corrected chi connectivity index (χ0v) is 20.0. The summed E-state index contributed by atoms with van der Waals surface area (Å²) < 4.78 is 5.41. The molecule has 1 heterocycles. The Labute approximate surface area is 192 Å². The lowest BCUT2D eigenvalue weighted by Gasteiger charge is -2.19. The van der Waals surface area contributed by atoms with Crippen LogP contribution in [0.5, 0.6) is 5.75 Å². The van der Waals surface area contributed by atoms with Gasteiger partial charge in [0.15, 0.2) is 5.96 Å². The molecule has 0 aliphatic carbocycles. The Balaban J connectivity index is 0.00000300. The fourth-order valence-electron chi connectivity index (χ4n) is 3.68. The number of hydrogen-bond donors (Lipinski definition) is 2. The highest BCUT2D eigenvalue weighted by molar-refractivity contribution is 14.0. The smallest absolute Gasteiger partial charge is 0.190 e. The lowest BCUT2D eigenvalue weighted by Crippen LogP contribution is -2.41. The number of nitrogens with zero attached hydrogens (tertiary/aromatic N) is 2. The molecule has 6 heteroatoms. The van der Waals surface area contributed by atoms with Crippen LogP contribution in [0.15, 0.2) is 53.5 Å². The number of guanidine groups is 1. The van der Waals surface area contributed by atoms with Gasteiger partial charge in [-0.2, -0.15) is 0 Å². The van der Waals surface area contributed by atoms with Gasteiger partial charge < -0.3 is 20.3 Å². The number of para-hydroxylation sites is 1. The Morgan fingerprint density at radius 2 is 1.97 bits per heavy atom. The average Bonchev–Trinajstić information content (AvgIpc) is 3.21. The van der Waals surface area contributed by atoms with Crippen LogP contribution in [0.1, 0.15) is 17.5 Å². The molecule has 29 heavy (non-hydrogen) atoms. The molecule has 2 N–H and O–H groups in total. The SMILES string of the molecule is CN=C(NCCc1ccc(C)c(OC)c1)NCC1CCN(c2ccccc2)C1.I. The van der Waals surface area contributed by atoms with Crippen molar-refractivity contribution in [2.75, 3.05) is 45.2 Å². The van der Waals surface area contributed by atoms with Gasteiger partial charge in [0.25, 0.3) is 0 Å². The van der Waals surface area contributed by atoms with Gasteiger partial charge in [-0.3, -0.25) is 4.99 Å². The van der Waals surface area contributed by atoms with Crippen molar-refractivity contribution in [1.29, 1.82) is 0 Å². The van der Waals surface area contributed by atoms with Gasteiger partial charge in [-0.05, 0) is 55.0 Å². The van der Waals surface area contributed by atoms with Gasteiger partial charge in [-0.1, -0.05) is 30.3 Å². The van der Waals surface area contributed by atoms with Crippen molar-refractivity contribution in [2.45, 2.75) is 19.8 Å². The van der Waals surface area contributed by atoms with E-state index in [1.807, 2.05) is 7.05 Å². The van der Waals surface area contributed by atoms with Gasteiger partial charge >= 0.3 is 0 Å². The predicted octanol–water partition coefficient (Wildman–Crippen LogP) is 3.86. The number of hydrogen-bond acceptors (Lipinski definition) is 3. The normalized spacial score (nSPS) is 16.3. The van der Waals surface area contributed by atoms with Crippen molar-refractivity contribution in [1.82, 2.24) is 10.6 Å². The second-order valence-corrected chi connectivity index (χ2v) is 7.37. The molecule has 0 amide bonds. The summed E-state index contributed by atoms with van der Waals surface area (Å²) in [6.07, 6.45) is 2.14. The number of halogens is 1. The first-order chi connectivity index (χ1) is 13.7. The maximum absolute atomic E-state index is 5.41. The predicted molar refractivity (Wildman–Crippen MR) is 133 cm³/mol. The third-order valence-corrected chi connectivity index (χ3v) is 5.37. The maximum Gasteiger partial charge on any atom is 0.190 e. The zero-order chi connectivity index (χ0) is 19.8. The zero-order valence-electron chi connectivity index (χ0n) is 17.6. The summed E-state index contributed by atoms with van der Waals surface area (Å²) in [4.78, 5) is 6.83. The number of anilines is 1. The van der Waals surface area contributed by atoms with Crippen LogP contribution < -0.4 is 20.3 Å². The largest absolute Gasteiger partial charge is 0.496 e. The summed E-state index contributed by atoms with van der Waals surface area (Å²) in [7, 11) is 3.55. The quantitative estimate of drug-likeness (QED) is 0.339. The number of rotatable bonds is 7. The van der Waals surface area contributed by atoms with Crippen molar-refractivity contribution in [3.63, 3.8) is 0 Å². The number of aryl methyl sites for hydroxylation is 1. The first kappa shape index (κ1) is 23.3. The first-order valence-corrected chi connectivity index (χ1v) is 10.1. The molecule has 1 aliphatic rings. The molecule has 2 aromatic carbocycles. The van der Waals surface area contributed by atoms with Crippen molar-refractivity contribution < 1.29 is 4.74 Å². The molecule has 0 bridgehead atoms. The summed E-state index contributed by atoms with van der Waals surface area (Å²) >= 11 is 0. The van der Waals surface area contributed by atoms with E-state index >= 15 is 0 Å². The van der Waals surface area contributed by atoms with Crippen molar-refractivity contribution in [2.24, 2.45) is 10.9 Å². The van der Waals surface area contributed by atoms with E-state index in [0.29, 0.717) is 5.92 Å². The fraction of sp³-hybridized carbons (Fsp3) is 0.435. The average molecular weight is 508 g/mol. The third kappa shape index (κ3) is 6.80. The van der Waals surface area contributed by atoms with Crippen molar-refractivity contribution >= 4 is 35.6 Å². The Hall–Kier alpha value is -1.96. The first-order valence-electron chi connectivity index (χ1n) is 10.1. The van der Waals surface area contributed by atoms with Gasteiger partial charge in [0, 0.05) is 38.9 Å². The van der Waals surface area contributed by atoms with E-state index < -0.39 is 0 Å². The maximum atomic E-state index is 5.41. The molecule has 0 radical (unpaired) electrons. The highest BCUT2D eigenvalue weighted by atomic mass is 127. The van der Waals surface area contributed by atoms with E-state index in [9.17, 15) is 0 Å². The molecule has 2 aromatic rings. The van der Waals surface area contributed by atoms with Crippen LogP contribution in [0.4, 0.5) is 5.69 Å². The molecule has 5 nitrogen and oxygen atoms in total. The molecular formula is C23H33IN4O. The number of methoxy groups -OCH3 is 1. The Kier molecular flexibility index (Phi) is 9.57. The number of nitrogens with one attached hydrogen (secondary N) is 2. The molecule has 0 aromatic heterocycles. The van der Waals surface area contributed by atoms with Crippen LogP contribution in [0.25, 0.3) is 0 Å².